The molecule has 1 aromatic heterocycles. The molecule has 0 amide bonds. The van der Waals surface area contributed by atoms with Crippen molar-refractivity contribution in [2.24, 2.45) is 0 Å². The van der Waals surface area contributed by atoms with Crippen molar-refractivity contribution in [3.05, 3.63) is 30.1 Å². The summed E-state index contributed by atoms with van der Waals surface area (Å²) in [4.78, 5) is 3.65. The predicted octanol–water partition coefficient (Wildman–Crippen LogP) is 1.21. The van der Waals surface area contributed by atoms with Crippen molar-refractivity contribution in [1.82, 2.24) is 4.98 Å². The highest BCUT2D eigenvalue weighted by Gasteiger charge is 2.29. The molecule has 0 saturated heterocycles. The van der Waals surface area contributed by atoms with Crippen molar-refractivity contribution in [3.63, 3.8) is 0 Å². The van der Waals surface area contributed by atoms with Gasteiger partial charge in [0.15, 0.2) is 0 Å². The largest absolute Gasteiger partial charge is 0.380 e. The lowest BCUT2D eigenvalue weighted by atomic mass is 9.99. The van der Waals surface area contributed by atoms with E-state index in [9.17, 15) is 13.9 Å². The molecule has 0 aliphatic rings. The van der Waals surface area contributed by atoms with Gasteiger partial charge in [-0.25, -0.2) is 8.78 Å². The van der Waals surface area contributed by atoms with Crippen molar-refractivity contribution < 1.29 is 13.9 Å². The van der Waals surface area contributed by atoms with Gasteiger partial charge in [0, 0.05) is 18.0 Å². The first-order valence-corrected chi connectivity index (χ1v) is 3.48. The van der Waals surface area contributed by atoms with Crippen LogP contribution in [-0.4, -0.2) is 23.4 Å². The zero-order valence-electron chi connectivity index (χ0n) is 6.37. The first kappa shape index (κ1) is 9.06. The van der Waals surface area contributed by atoms with Gasteiger partial charge in [-0.05, 0) is 6.07 Å². The molecular weight excluding hydrogens is 164 g/mol. The molecule has 0 aromatic carbocycles. The molecule has 0 aliphatic carbocycles. The quantitative estimate of drug-likeness (QED) is 0.745. The number of halogens is 2. The number of alkyl halides is 2. The number of rotatable bonds is 3. The molecular formula is C8H9F2NO. The lowest BCUT2D eigenvalue weighted by molar-refractivity contribution is -0.0114. The van der Waals surface area contributed by atoms with E-state index in [1.165, 1.54) is 24.5 Å². The van der Waals surface area contributed by atoms with Gasteiger partial charge in [0.25, 0.3) is 0 Å². The Morgan fingerprint density at radius 1 is 1.42 bits per heavy atom. The van der Waals surface area contributed by atoms with Crippen molar-refractivity contribution in [3.8, 4) is 0 Å². The molecule has 0 aliphatic heterocycles. The third-order valence-corrected chi connectivity index (χ3v) is 1.64. The second-order valence-electron chi connectivity index (χ2n) is 2.54. The van der Waals surface area contributed by atoms with Crippen LogP contribution >= 0.6 is 0 Å². The third kappa shape index (κ3) is 1.58. The fourth-order valence-corrected chi connectivity index (χ4v) is 0.828. The van der Waals surface area contributed by atoms with E-state index in [1.807, 2.05) is 0 Å². The Morgan fingerprint density at radius 3 is 2.50 bits per heavy atom. The summed E-state index contributed by atoms with van der Waals surface area (Å²) >= 11 is 0. The Bertz CT molecular complexity index is 236. The summed E-state index contributed by atoms with van der Waals surface area (Å²) in [6.45, 7) is -2.29. The van der Waals surface area contributed by atoms with E-state index < -0.39 is 19.0 Å². The van der Waals surface area contributed by atoms with Crippen LogP contribution in [0.1, 0.15) is 5.56 Å². The minimum absolute atomic E-state index is 0.162. The first-order valence-electron chi connectivity index (χ1n) is 3.48. The highest BCUT2D eigenvalue weighted by molar-refractivity contribution is 5.18. The van der Waals surface area contributed by atoms with E-state index in [0.29, 0.717) is 0 Å². The fourth-order valence-electron chi connectivity index (χ4n) is 0.828. The van der Waals surface area contributed by atoms with Crippen LogP contribution in [0.15, 0.2) is 24.5 Å². The Morgan fingerprint density at radius 2 is 2.08 bits per heavy atom. The minimum atomic E-state index is -2.02. The van der Waals surface area contributed by atoms with Crippen LogP contribution in [0.2, 0.25) is 0 Å². The van der Waals surface area contributed by atoms with Gasteiger partial charge in [-0.1, -0.05) is 6.07 Å². The van der Waals surface area contributed by atoms with Crippen LogP contribution in [0.4, 0.5) is 8.78 Å². The minimum Gasteiger partial charge on any atom is -0.380 e. The molecule has 0 saturated carbocycles. The number of nitrogens with zero attached hydrogens (tertiary/aromatic N) is 1. The van der Waals surface area contributed by atoms with Gasteiger partial charge >= 0.3 is 0 Å². The number of hydrogen-bond acceptors (Lipinski definition) is 2. The van der Waals surface area contributed by atoms with Crippen LogP contribution in [-0.2, 0) is 5.60 Å². The molecule has 1 N–H and O–H groups in total. The standard InChI is InChI=1S/C8H9F2NO/c9-5-8(12,6-10)7-2-1-3-11-4-7/h1-4,12H,5-6H2. The van der Waals surface area contributed by atoms with E-state index in [0.717, 1.165) is 0 Å². The summed E-state index contributed by atoms with van der Waals surface area (Å²) in [5.41, 5.74) is -1.86. The van der Waals surface area contributed by atoms with Crippen LogP contribution in [0, 0.1) is 0 Å². The van der Waals surface area contributed by atoms with Gasteiger partial charge < -0.3 is 5.11 Å². The maximum Gasteiger partial charge on any atom is 0.147 e. The third-order valence-electron chi connectivity index (χ3n) is 1.64. The summed E-state index contributed by atoms with van der Waals surface area (Å²) in [5.74, 6) is 0. The van der Waals surface area contributed by atoms with Gasteiger partial charge in [-0.2, -0.15) is 0 Å². The summed E-state index contributed by atoms with van der Waals surface area (Å²) in [6.07, 6.45) is 2.72. The molecule has 66 valence electrons. The van der Waals surface area contributed by atoms with E-state index in [-0.39, 0.29) is 5.56 Å². The van der Waals surface area contributed by atoms with Crippen molar-refractivity contribution in [2.45, 2.75) is 5.60 Å². The van der Waals surface area contributed by atoms with E-state index in [2.05, 4.69) is 4.98 Å². The average Bonchev–Trinajstić information content (AvgIpc) is 2.18. The zero-order valence-corrected chi connectivity index (χ0v) is 6.37. The zero-order chi connectivity index (χ0) is 9.03. The summed E-state index contributed by atoms with van der Waals surface area (Å²) < 4.78 is 24.4. The topological polar surface area (TPSA) is 33.1 Å². The summed E-state index contributed by atoms with van der Waals surface area (Å²) in [6, 6.07) is 2.96. The second-order valence-corrected chi connectivity index (χ2v) is 2.54. The highest BCUT2D eigenvalue weighted by Crippen LogP contribution is 2.20. The van der Waals surface area contributed by atoms with Crippen molar-refractivity contribution in [1.29, 1.82) is 0 Å². The molecule has 1 rings (SSSR count). The van der Waals surface area contributed by atoms with E-state index in [1.54, 1.807) is 0 Å². The Labute approximate surface area is 68.9 Å². The number of aromatic nitrogens is 1. The molecule has 0 atom stereocenters. The van der Waals surface area contributed by atoms with Crippen LogP contribution < -0.4 is 0 Å². The van der Waals surface area contributed by atoms with E-state index >= 15 is 0 Å². The molecule has 0 unspecified atom stereocenters. The number of aliphatic hydroxyl groups is 1. The molecule has 0 radical (unpaired) electrons. The number of hydrogen-bond donors (Lipinski definition) is 1. The van der Waals surface area contributed by atoms with Crippen LogP contribution in [0.25, 0.3) is 0 Å². The summed E-state index contributed by atoms with van der Waals surface area (Å²) in [7, 11) is 0. The lowest BCUT2D eigenvalue weighted by Gasteiger charge is -2.20. The molecule has 0 fully saturated rings. The maximum absolute atomic E-state index is 12.2. The fraction of sp³-hybridized carbons (Fsp3) is 0.375. The SMILES string of the molecule is OC(CF)(CF)c1cccnc1. The van der Waals surface area contributed by atoms with Gasteiger partial charge in [-0.3, -0.25) is 4.98 Å². The summed E-state index contributed by atoms with van der Waals surface area (Å²) in [5, 5.41) is 9.31. The second kappa shape index (κ2) is 3.58. The van der Waals surface area contributed by atoms with Crippen molar-refractivity contribution in [2.75, 3.05) is 13.3 Å². The highest BCUT2D eigenvalue weighted by atomic mass is 19.1. The van der Waals surface area contributed by atoms with Gasteiger partial charge in [-0.15, -0.1) is 0 Å². The Kier molecular flexibility index (Phi) is 2.70. The first-order chi connectivity index (χ1) is 5.73. The average molecular weight is 173 g/mol. The predicted molar refractivity (Wildman–Crippen MR) is 40.1 cm³/mol. The molecule has 12 heavy (non-hydrogen) atoms. The lowest BCUT2D eigenvalue weighted by Crippen LogP contribution is -2.30. The van der Waals surface area contributed by atoms with Crippen LogP contribution in [0.5, 0.6) is 0 Å². The maximum atomic E-state index is 12.2. The van der Waals surface area contributed by atoms with E-state index in [4.69, 9.17) is 0 Å². The molecule has 0 bridgehead atoms. The molecule has 1 heterocycles. The van der Waals surface area contributed by atoms with Gasteiger partial charge in [0.1, 0.15) is 19.0 Å². The molecule has 4 heteroatoms. The van der Waals surface area contributed by atoms with Crippen LogP contribution in [0.3, 0.4) is 0 Å². The smallest absolute Gasteiger partial charge is 0.147 e. The molecule has 0 spiro atoms. The van der Waals surface area contributed by atoms with Gasteiger partial charge in [0.2, 0.25) is 0 Å². The van der Waals surface area contributed by atoms with Gasteiger partial charge in [0.05, 0.1) is 0 Å². The molecule has 2 nitrogen and oxygen atoms in total. The Balaban J connectivity index is 2.95. The Hall–Kier alpha value is -1.03. The number of pyridine rings is 1. The monoisotopic (exact) mass is 173 g/mol. The molecule has 1 aromatic rings. The van der Waals surface area contributed by atoms with Crippen molar-refractivity contribution >= 4 is 0 Å². The normalized spacial score (nSPS) is 11.6.